The molecule has 7 heteroatoms. The lowest BCUT2D eigenvalue weighted by Crippen LogP contribution is -2.44. The van der Waals surface area contributed by atoms with Crippen molar-refractivity contribution in [1.29, 1.82) is 0 Å². The maximum atomic E-state index is 12.8. The summed E-state index contributed by atoms with van der Waals surface area (Å²) in [5.41, 5.74) is 8.54. The first-order chi connectivity index (χ1) is 12.5. The number of hydrogen-bond acceptors (Lipinski definition) is 3. The predicted octanol–water partition coefficient (Wildman–Crippen LogP) is 4.20. The van der Waals surface area contributed by atoms with E-state index in [1.807, 2.05) is 25.1 Å². The monoisotopic (exact) mass is 391 g/mol. The van der Waals surface area contributed by atoms with Crippen LogP contribution in [0.25, 0.3) is 0 Å². The van der Waals surface area contributed by atoms with E-state index in [-0.39, 0.29) is 11.7 Å². The van der Waals surface area contributed by atoms with Crippen molar-refractivity contribution < 1.29 is 9.18 Å². The average Bonchev–Trinajstić information content (AvgIpc) is 2.63. The van der Waals surface area contributed by atoms with Crippen molar-refractivity contribution in [2.75, 3.05) is 11.1 Å². The number of anilines is 1. The smallest absolute Gasteiger partial charge is 0.239 e. The van der Waals surface area contributed by atoms with E-state index in [2.05, 4.69) is 23.1 Å². The molecule has 0 aromatic heterocycles. The van der Waals surface area contributed by atoms with E-state index in [4.69, 9.17) is 12.2 Å². The molecule has 0 heterocycles. The Hall–Kier alpha value is -2.12. The van der Waals surface area contributed by atoms with Gasteiger partial charge < -0.3 is 5.32 Å². The second-order valence-corrected chi connectivity index (χ2v) is 7.22. The first-order valence-corrected chi connectivity index (χ1v) is 9.71. The molecular weight excluding hydrogens is 369 g/mol. The molecule has 0 saturated heterocycles. The fourth-order valence-corrected chi connectivity index (χ4v) is 3.33. The van der Waals surface area contributed by atoms with Gasteiger partial charge >= 0.3 is 0 Å². The minimum absolute atomic E-state index is 0.163. The zero-order chi connectivity index (χ0) is 18.9. The summed E-state index contributed by atoms with van der Waals surface area (Å²) in [5.74, 6) is 0.165. The summed E-state index contributed by atoms with van der Waals surface area (Å²) in [6, 6.07) is 12.3. The van der Waals surface area contributed by atoms with E-state index in [0.717, 1.165) is 28.1 Å². The van der Waals surface area contributed by atoms with Gasteiger partial charge in [-0.25, -0.2) is 4.39 Å². The zero-order valence-electron chi connectivity index (χ0n) is 14.8. The van der Waals surface area contributed by atoms with Gasteiger partial charge in [0.25, 0.3) is 0 Å². The molecular formula is C19H22FN3OS2. The zero-order valence-corrected chi connectivity index (χ0v) is 16.4. The van der Waals surface area contributed by atoms with Gasteiger partial charge in [0, 0.05) is 22.8 Å². The van der Waals surface area contributed by atoms with Crippen molar-refractivity contribution >= 4 is 40.7 Å². The molecule has 0 fully saturated rings. The Morgan fingerprint density at radius 3 is 2.58 bits per heavy atom. The first-order valence-electron chi connectivity index (χ1n) is 8.32. The number of thiocarbonyl (C=S) groups is 1. The minimum atomic E-state index is -0.266. The Morgan fingerprint density at radius 1 is 1.15 bits per heavy atom. The van der Waals surface area contributed by atoms with E-state index >= 15 is 0 Å². The lowest BCUT2D eigenvalue weighted by atomic mass is 10.1. The highest BCUT2D eigenvalue weighted by Gasteiger charge is 2.07. The number of thioether (sulfide) groups is 1. The van der Waals surface area contributed by atoms with Crippen LogP contribution in [0.4, 0.5) is 10.1 Å². The van der Waals surface area contributed by atoms with Crippen molar-refractivity contribution in [2.24, 2.45) is 0 Å². The third-order valence-corrected chi connectivity index (χ3v) is 4.92. The van der Waals surface area contributed by atoms with Crippen LogP contribution in [-0.4, -0.2) is 16.8 Å². The van der Waals surface area contributed by atoms with Gasteiger partial charge in [-0.15, -0.1) is 11.8 Å². The number of carbonyl (C=O) groups excluding carboxylic acids is 1. The highest BCUT2D eigenvalue weighted by molar-refractivity contribution is 7.99. The van der Waals surface area contributed by atoms with Gasteiger partial charge in [0.1, 0.15) is 5.82 Å². The van der Waals surface area contributed by atoms with Crippen LogP contribution < -0.4 is 16.2 Å². The van der Waals surface area contributed by atoms with Gasteiger partial charge in [-0.2, -0.15) is 0 Å². The van der Waals surface area contributed by atoms with Gasteiger partial charge in [0.2, 0.25) is 5.91 Å². The first kappa shape index (κ1) is 20.2. The third-order valence-electron chi connectivity index (χ3n) is 3.71. The number of halogens is 1. The average molecular weight is 392 g/mol. The van der Waals surface area contributed by atoms with Crippen molar-refractivity contribution in [2.45, 2.75) is 31.6 Å². The van der Waals surface area contributed by atoms with Crippen LogP contribution in [0.3, 0.4) is 0 Å². The fourth-order valence-electron chi connectivity index (χ4n) is 2.33. The van der Waals surface area contributed by atoms with Crippen LogP contribution in [0.15, 0.2) is 47.4 Å². The van der Waals surface area contributed by atoms with Gasteiger partial charge in [-0.3, -0.25) is 15.6 Å². The molecule has 0 saturated carbocycles. The molecule has 2 rings (SSSR count). The lowest BCUT2D eigenvalue weighted by Gasteiger charge is -2.16. The second-order valence-electron chi connectivity index (χ2n) is 5.64. The molecule has 0 aliphatic carbocycles. The quantitative estimate of drug-likeness (QED) is 0.392. The van der Waals surface area contributed by atoms with Crippen LogP contribution in [0.5, 0.6) is 0 Å². The maximum absolute atomic E-state index is 12.8. The van der Waals surface area contributed by atoms with Crippen molar-refractivity contribution in [1.82, 2.24) is 10.9 Å². The number of rotatable bonds is 6. The number of aryl methyl sites for hydroxylation is 2. The normalized spacial score (nSPS) is 10.3. The number of hydrazine groups is 1. The van der Waals surface area contributed by atoms with E-state index in [0.29, 0.717) is 17.3 Å². The summed E-state index contributed by atoms with van der Waals surface area (Å²) in [7, 11) is 0. The van der Waals surface area contributed by atoms with Gasteiger partial charge in [-0.1, -0.05) is 25.1 Å². The van der Waals surface area contributed by atoms with E-state index in [1.54, 1.807) is 12.1 Å². The van der Waals surface area contributed by atoms with E-state index in [9.17, 15) is 9.18 Å². The highest BCUT2D eigenvalue weighted by atomic mass is 32.2. The summed E-state index contributed by atoms with van der Waals surface area (Å²) in [5, 5.41) is 3.48. The topological polar surface area (TPSA) is 53.2 Å². The van der Waals surface area contributed by atoms with Crippen LogP contribution in [-0.2, 0) is 11.2 Å². The highest BCUT2D eigenvalue weighted by Crippen LogP contribution is 2.21. The predicted molar refractivity (Wildman–Crippen MR) is 110 cm³/mol. The van der Waals surface area contributed by atoms with Gasteiger partial charge in [0.05, 0.1) is 0 Å². The summed E-state index contributed by atoms with van der Waals surface area (Å²) in [4.78, 5) is 12.8. The fraction of sp³-hybridized carbons (Fsp3) is 0.263. The van der Waals surface area contributed by atoms with Gasteiger partial charge in [-0.05, 0) is 61.0 Å². The molecule has 0 unspecified atom stereocenters. The number of nitrogens with one attached hydrogen (secondary N) is 3. The Labute approximate surface area is 162 Å². The van der Waals surface area contributed by atoms with E-state index in [1.165, 1.54) is 23.9 Å². The Morgan fingerprint density at radius 2 is 1.88 bits per heavy atom. The standard InChI is InChI=1S/C19H22FN3OS2/c1-3-14-6-4-5-13(2)18(14)21-19(25)23-22-17(24)11-12-26-16-9-7-15(20)8-10-16/h4-10H,3,11-12H2,1-2H3,(H,22,24)(H2,21,23,25). The number of para-hydroxylation sites is 1. The summed E-state index contributed by atoms with van der Waals surface area (Å²) in [6.07, 6.45) is 1.21. The van der Waals surface area contributed by atoms with Crippen molar-refractivity contribution in [3.63, 3.8) is 0 Å². The summed E-state index contributed by atoms with van der Waals surface area (Å²) >= 11 is 6.74. The van der Waals surface area contributed by atoms with Crippen molar-refractivity contribution in [3.8, 4) is 0 Å². The largest absolute Gasteiger partial charge is 0.331 e. The molecule has 3 N–H and O–H groups in total. The van der Waals surface area contributed by atoms with E-state index < -0.39 is 0 Å². The van der Waals surface area contributed by atoms with Crippen LogP contribution in [0.1, 0.15) is 24.5 Å². The molecule has 26 heavy (non-hydrogen) atoms. The Bertz CT molecular complexity index is 766. The second kappa shape index (κ2) is 10.1. The molecule has 138 valence electrons. The number of hydrogen-bond donors (Lipinski definition) is 3. The minimum Gasteiger partial charge on any atom is -0.331 e. The molecule has 2 aromatic carbocycles. The number of benzene rings is 2. The SMILES string of the molecule is CCc1cccc(C)c1NC(=S)NNC(=O)CCSc1ccc(F)cc1. The molecule has 2 aromatic rings. The molecule has 4 nitrogen and oxygen atoms in total. The summed E-state index contributed by atoms with van der Waals surface area (Å²) < 4.78 is 12.8. The Balaban J connectivity index is 1.73. The molecule has 0 spiro atoms. The molecule has 0 aliphatic heterocycles. The van der Waals surface area contributed by atoms with Crippen LogP contribution in [0.2, 0.25) is 0 Å². The lowest BCUT2D eigenvalue weighted by molar-refractivity contribution is -0.121. The van der Waals surface area contributed by atoms with Crippen LogP contribution in [0, 0.1) is 12.7 Å². The molecule has 0 atom stereocenters. The Kier molecular flexibility index (Phi) is 7.87. The molecule has 1 amide bonds. The number of amides is 1. The van der Waals surface area contributed by atoms with Crippen molar-refractivity contribution in [3.05, 3.63) is 59.4 Å². The van der Waals surface area contributed by atoms with Gasteiger partial charge in [0.15, 0.2) is 5.11 Å². The molecule has 0 radical (unpaired) electrons. The van der Waals surface area contributed by atoms with Crippen LogP contribution >= 0.6 is 24.0 Å². The number of carbonyl (C=O) groups is 1. The maximum Gasteiger partial charge on any atom is 0.239 e. The molecule has 0 aliphatic rings. The third kappa shape index (κ3) is 6.31. The summed E-state index contributed by atoms with van der Waals surface area (Å²) in [6.45, 7) is 4.09. The molecule has 0 bridgehead atoms.